The Morgan fingerprint density at radius 2 is 1.90 bits per heavy atom. The second-order valence-corrected chi connectivity index (χ2v) is 8.29. The van der Waals surface area contributed by atoms with E-state index in [4.69, 9.17) is 9.15 Å². The summed E-state index contributed by atoms with van der Waals surface area (Å²) in [4.78, 5) is 25.5. The van der Waals surface area contributed by atoms with Crippen molar-refractivity contribution in [2.75, 3.05) is 7.11 Å². The summed E-state index contributed by atoms with van der Waals surface area (Å²) in [7, 11) is 1.26. The number of phenols is 1. The van der Waals surface area contributed by atoms with Gasteiger partial charge in [0, 0.05) is 11.0 Å². The normalized spacial score (nSPS) is 11.8. The predicted octanol–water partition coefficient (Wildman–Crippen LogP) is 4.66. The van der Waals surface area contributed by atoms with Gasteiger partial charge in [-0.2, -0.15) is 0 Å². The Labute approximate surface area is 184 Å². The van der Waals surface area contributed by atoms with Crippen molar-refractivity contribution in [3.63, 3.8) is 0 Å². The highest BCUT2D eigenvalue weighted by molar-refractivity contribution is 7.98. The van der Waals surface area contributed by atoms with Crippen molar-refractivity contribution in [2.45, 2.75) is 36.8 Å². The topological polar surface area (TPSA) is 97.0 Å². The number of carbonyl (C=O) groups is 1. The number of ether oxygens (including phenoxy) is 1. The van der Waals surface area contributed by atoms with E-state index in [0.29, 0.717) is 17.1 Å². The standard InChI is InChI=1S/C24H24O6S/c1-14-7-8-21(15(2)9-14)31-13-18-11-20(26)23(28)24(30-18)19(12-22(27)29-3)16-5-4-6-17(25)10-16/h4-11,19,25,28H,12-13H2,1-3H3. The van der Waals surface area contributed by atoms with Crippen LogP contribution in [0.15, 0.2) is 62.6 Å². The highest BCUT2D eigenvalue weighted by Crippen LogP contribution is 2.35. The van der Waals surface area contributed by atoms with E-state index in [0.717, 1.165) is 16.0 Å². The molecule has 1 aromatic heterocycles. The highest BCUT2D eigenvalue weighted by atomic mass is 32.2. The van der Waals surface area contributed by atoms with E-state index in [1.807, 2.05) is 26.0 Å². The second-order valence-electron chi connectivity index (χ2n) is 7.28. The van der Waals surface area contributed by atoms with E-state index in [1.165, 1.54) is 37.1 Å². The van der Waals surface area contributed by atoms with Crippen molar-refractivity contribution in [3.8, 4) is 11.5 Å². The first kappa shape index (κ1) is 22.5. The third-order valence-corrected chi connectivity index (χ3v) is 6.09. The molecule has 0 aliphatic heterocycles. The lowest BCUT2D eigenvalue weighted by atomic mass is 9.92. The zero-order valence-electron chi connectivity index (χ0n) is 17.5. The number of aromatic hydroxyl groups is 2. The lowest BCUT2D eigenvalue weighted by molar-refractivity contribution is -0.140. The molecule has 7 heteroatoms. The number of thioether (sulfide) groups is 1. The van der Waals surface area contributed by atoms with Crippen molar-refractivity contribution in [1.82, 2.24) is 0 Å². The molecular formula is C24H24O6S. The fourth-order valence-corrected chi connectivity index (χ4v) is 4.22. The molecule has 0 spiro atoms. The molecule has 2 N–H and O–H groups in total. The summed E-state index contributed by atoms with van der Waals surface area (Å²) < 4.78 is 10.7. The van der Waals surface area contributed by atoms with Gasteiger partial charge in [0.05, 0.1) is 25.2 Å². The molecule has 0 bridgehead atoms. The summed E-state index contributed by atoms with van der Waals surface area (Å²) in [5, 5.41) is 20.3. The number of hydrogen-bond acceptors (Lipinski definition) is 7. The van der Waals surface area contributed by atoms with Crippen LogP contribution in [0.3, 0.4) is 0 Å². The van der Waals surface area contributed by atoms with Crippen LogP contribution in [-0.4, -0.2) is 23.3 Å². The maximum absolute atomic E-state index is 12.5. The fourth-order valence-electron chi connectivity index (χ4n) is 3.33. The zero-order chi connectivity index (χ0) is 22.5. The van der Waals surface area contributed by atoms with Gasteiger partial charge in [0.1, 0.15) is 11.5 Å². The Balaban J connectivity index is 1.98. The molecule has 0 amide bonds. The molecule has 1 heterocycles. The molecule has 0 fully saturated rings. The van der Waals surface area contributed by atoms with Gasteiger partial charge in [0.25, 0.3) is 0 Å². The number of methoxy groups -OCH3 is 1. The number of aryl methyl sites for hydroxylation is 2. The van der Waals surface area contributed by atoms with Crippen molar-refractivity contribution in [3.05, 3.63) is 87.0 Å². The molecule has 0 saturated carbocycles. The lowest BCUT2D eigenvalue weighted by Crippen LogP contribution is -2.14. The number of rotatable bonds is 7. The Hall–Kier alpha value is -3.19. The molecule has 162 valence electrons. The van der Waals surface area contributed by atoms with Crippen molar-refractivity contribution in [1.29, 1.82) is 0 Å². The molecule has 31 heavy (non-hydrogen) atoms. The average Bonchev–Trinajstić information content (AvgIpc) is 2.73. The summed E-state index contributed by atoms with van der Waals surface area (Å²) in [5.74, 6) is -1.17. The first-order chi connectivity index (χ1) is 14.8. The largest absolute Gasteiger partial charge is 0.508 e. The smallest absolute Gasteiger partial charge is 0.306 e. The quantitative estimate of drug-likeness (QED) is 0.407. The maximum atomic E-state index is 12.5. The van der Waals surface area contributed by atoms with Crippen molar-refractivity contribution >= 4 is 17.7 Å². The van der Waals surface area contributed by atoms with Crippen LogP contribution in [0.4, 0.5) is 0 Å². The molecule has 3 rings (SSSR count). The molecule has 1 atom stereocenters. The van der Waals surface area contributed by atoms with Crippen LogP contribution >= 0.6 is 11.8 Å². The fraction of sp³-hybridized carbons (Fsp3) is 0.250. The van der Waals surface area contributed by atoms with E-state index in [9.17, 15) is 19.8 Å². The minimum Gasteiger partial charge on any atom is -0.508 e. The van der Waals surface area contributed by atoms with E-state index in [2.05, 4.69) is 6.07 Å². The third-order valence-electron chi connectivity index (χ3n) is 4.89. The predicted molar refractivity (Wildman–Crippen MR) is 119 cm³/mol. The van der Waals surface area contributed by atoms with E-state index in [-0.39, 0.29) is 17.9 Å². The summed E-state index contributed by atoms with van der Waals surface area (Å²) in [6.45, 7) is 4.04. The lowest BCUT2D eigenvalue weighted by Gasteiger charge is -2.17. The summed E-state index contributed by atoms with van der Waals surface area (Å²) in [6, 6.07) is 13.6. The van der Waals surface area contributed by atoms with Crippen LogP contribution in [-0.2, 0) is 15.3 Å². The molecule has 3 aromatic rings. The monoisotopic (exact) mass is 440 g/mol. The van der Waals surface area contributed by atoms with Gasteiger partial charge < -0.3 is 19.4 Å². The third kappa shape index (κ3) is 5.49. The van der Waals surface area contributed by atoms with Crippen LogP contribution in [0, 0.1) is 13.8 Å². The Kier molecular flexibility index (Phi) is 7.07. The van der Waals surface area contributed by atoms with Gasteiger partial charge in [0.15, 0.2) is 5.76 Å². The van der Waals surface area contributed by atoms with Crippen LogP contribution < -0.4 is 5.43 Å². The number of hydrogen-bond donors (Lipinski definition) is 2. The van der Waals surface area contributed by atoms with Crippen molar-refractivity contribution in [2.24, 2.45) is 0 Å². The average molecular weight is 441 g/mol. The Morgan fingerprint density at radius 1 is 1.13 bits per heavy atom. The number of phenolic OH excluding ortho intramolecular Hbond substituents is 1. The van der Waals surface area contributed by atoms with Crippen LogP contribution in [0.2, 0.25) is 0 Å². The van der Waals surface area contributed by atoms with E-state index in [1.54, 1.807) is 12.1 Å². The molecule has 1 unspecified atom stereocenters. The van der Waals surface area contributed by atoms with Crippen LogP contribution in [0.25, 0.3) is 0 Å². The first-order valence-electron chi connectivity index (χ1n) is 9.70. The molecule has 0 saturated heterocycles. The maximum Gasteiger partial charge on any atom is 0.306 e. The molecule has 6 nitrogen and oxygen atoms in total. The van der Waals surface area contributed by atoms with Gasteiger partial charge in [-0.05, 0) is 43.2 Å². The van der Waals surface area contributed by atoms with Crippen LogP contribution in [0.1, 0.15) is 40.5 Å². The number of benzene rings is 2. The van der Waals surface area contributed by atoms with Gasteiger partial charge in [0.2, 0.25) is 11.2 Å². The SMILES string of the molecule is COC(=O)CC(c1cccc(O)c1)c1oc(CSc2ccc(C)cc2C)cc(=O)c1O. The van der Waals surface area contributed by atoms with Crippen molar-refractivity contribution < 1.29 is 24.2 Å². The summed E-state index contributed by atoms with van der Waals surface area (Å²) >= 11 is 1.51. The summed E-state index contributed by atoms with van der Waals surface area (Å²) in [6.07, 6.45) is -0.163. The van der Waals surface area contributed by atoms with Gasteiger partial charge in [-0.3, -0.25) is 9.59 Å². The van der Waals surface area contributed by atoms with Gasteiger partial charge in [-0.15, -0.1) is 11.8 Å². The first-order valence-corrected chi connectivity index (χ1v) is 10.7. The molecule has 2 aromatic carbocycles. The van der Waals surface area contributed by atoms with Crippen LogP contribution in [0.5, 0.6) is 11.5 Å². The van der Waals surface area contributed by atoms with Gasteiger partial charge in [-0.1, -0.05) is 29.8 Å². The number of carbonyl (C=O) groups excluding carboxylic acids is 1. The molecule has 0 aliphatic rings. The zero-order valence-corrected chi connectivity index (χ0v) is 18.4. The second kappa shape index (κ2) is 9.75. The Morgan fingerprint density at radius 3 is 2.58 bits per heavy atom. The highest BCUT2D eigenvalue weighted by Gasteiger charge is 2.27. The van der Waals surface area contributed by atoms with Gasteiger partial charge in [-0.25, -0.2) is 0 Å². The van der Waals surface area contributed by atoms with Gasteiger partial charge >= 0.3 is 5.97 Å². The van der Waals surface area contributed by atoms with E-state index < -0.39 is 23.1 Å². The molecule has 0 radical (unpaired) electrons. The summed E-state index contributed by atoms with van der Waals surface area (Å²) in [5.41, 5.74) is 2.21. The Bertz CT molecular complexity index is 1150. The minimum atomic E-state index is -0.793. The molecule has 0 aliphatic carbocycles. The minimum absolute atomic E-state index is 0.00393. The van der Waals surface area contributed by atoms with E-state index >= 15 is 0 Å². The number of esters is 1. The molecular weight excluding hydrogens is 416 g/mol.